The highest BCUT2D eigenvalue weighted by Crippen LogP contribution is 2.41. The molecule has 214 valence electrons. The summed E-state index contributed by atoms with van der Waals surface area (Å²) < 4.78 is 12.9. The minimum absolute atomic E-state index is 0.185. The van der Waals surface area contributed by atoms with Crippen molar-refractivity contribution < 1.29 is 24.5 Å². The lowest BCUT2D eigenvalue weighted by molar-refractivity contribution is -0.152. The second-order valence-electron chi connectivity index (χ2n) is 11.1. The van der Waals surface area contributed by atoms with Crippen molar-refractivity contribution in [1.82, 2.24) is 19.5 Å². The summed E-state index contributed by atoms with van der Waals surface area (Å²) in [5, 5.41) is 20.4. The Hall–Kier alpha value is -3.60. The Balaban J connectivity index is 1.44. The molecule has 0 aromatic carbocycles. The van der Waals surface area contributed by atoms with Crippen molar-refractivity contribution >= 4 is 23.0 Å². The normalized spacial score (nSPS) is 26.0. The summed E-state index contributed by atoms with van der Waals surface area (Å²) in [5.74, 6) is -0.468. The van der Waals surface area contributed by atoms with Crippen molar-refractivity contribution in [3.05, 3.63) is 71.4 Å². The molecule has 1 unspecified atom stereocenters. The minimum atomic E-state index is -1.26. The molecule has 1 saturated heterocycles. The average Bonchev–Trinajstić information content (AvgIpc) is 3.45. The Bertz CT molecular complexity index is 1400. The van der Waals surface area contributed by atoms with Gasteiger partial charge in [-0.2, -0.15) is 0 Å². The van der Waals surface area contributed by atoms with Crippen molar-refractivity contribution in [2.75, 3.05) is 12.3 Å². The third-order valence-electron chi connectivity index (χ3n) is 7.53. The summed E-state index contributed by atoms with van der Waals surface area (Å²) in [5.41, 5.74) is 11.4. The zero-order valence-corrected chi connectivity index (χ0v) is 23.7. The highest BCUT2D eigenvalue weighted by Gasteiger charge is 2.47. The third kappa shape index (κ3) is 6.41. The van der Waals surface area contributed by atoms with Gasteiger partial charge in [-0.25, -0.2) is 19.7 Å². The molecule has 0 amide bonds. The molecule has 40 heavy (non-hydrogen) atoms. The number of rotatable bonds is 8. The smallest absolute Gasteiger partial charge is 0.331 e. The van der Waals surface area contributed by atoms with Gasteiger partial charge in [-0.05, 0) is 56.6 Å². The van der Waals surface area contributed by atoms with Crippen molar-refractivity contribution in [2.24, 2.45) is 5.41 Å². The van der Waals surface area contributed by atoms with Gasteiger partial charge in [0.2, 0.25) is 0 Å². The van der Waals surface area contributed by atoms with E-state index in [0.717, 1.165) is 12.0 Å². The predicted octanol–water partition coefficient (Wildman–Crippen LogP) is 4.10. The first-order valence-electron chi connectivity index (χ1n) is 13.5. The maximum atomic E-state index is 12.8. The van der Waals surface area contributed by atoms with Crippen LogP contribution in [0.3, 0.4) is 0 Å². The fourth-order valence-electron chi connectivity index (χ4n) is 5.31. The molecule has 0 bridgehead atoms. The van der Waals surface area contributed by atoms with Gasteiger partial charge in [0.15, 0.2) is 23.8 Å². The number of aliphatic hydroxyl groups excluding tert-OH is 2. The minimum Gasteiger partial charge on any atom is -0.451 e. The lowest BCUT2D eigenvalue weighted by atomic mass is 9.72. The van der Waals surface area contributed by atoms with E-state index in [4.69, 9.17) is 15.2 Å². The molecule has 10 nitrogen and oxygen atoms in total. The first-order valence-corrected chi connectivity index (χ1v) is 13.5. The molecule has 4 rings (SSSR count). The van der Waals surface area contributed by atoms with Crippen LogP contribution < -0.4 is 5.73 Å². The van der Waals surface area contributed by atoms with Crippen LogP contribution in [-0.4, -0.2) is 60.6 Å². The highest BCUT2D eigenvalue weighted by atomic mass is 16.6. The van der Waals surface area contributed by atoms with E-state index in [1.165, 1.54) is 47.3 Å². The molecule has 0 spiro atoms. The number of hydrogen-bond acceptors (Lipinski definition) is 9. The molecule has 10 heteroatoms. The maximum absolute atomic E-state index is 12.8. The van der Waals surface area contributed by atoms with Gasteiger partial charge in [-0.1, -0.05) is 55.4 Å². The summed E-state index contributed by atoms with van der Waals surface area (Å²) >= 11 is 0. The molecular weight excluding hydrogens is 510 g/mol. The lowest BCUT2D eigenvalue weighted by Gasteiger charge is -2.32. The molecule has 4 atom stereocenters. The highest BCUT2D eigenvalue weighted by molar-refractivity contribution is 5.83. The fraction of sp³-hybridized carbons (Fsp3) is 0.467. The molecule has 1 fully saturated rings. The molecular formula is C30H39N5O5. The van der Waals surface area contributed by atoms with E-state index in [9.17, 15) is 15.0 Å². The molecule has 2 aliphatic rings. The van der Waals surface area contributed by atoms with E-state index in [-0.39, 0.29) is 11.2 Å². The zero-order chi connectivity index (χ0) is 29.0. The van der Waals surface area contributed by atoms with Crippen molar-refractivity contribution in [1.29, 1.82) is 0 Å². The van der Waals surface area contributed by atoms with Crippen LogP contribution in [0.5, 0.6) is 0 Å². The molecule has 0 saturated carbocycles. The van der Waals surface area contributed by atoms with Crippen molar-refractivity contribution in [3.8, 4) is 0 Å². The average molecular weight is 550 g/mol. The second-order valence-corrected chi connectivity index (χ2v) is 11.1. The third-order valence-corrected chi connectivity index (χ3v) is 7.53. The molecule has 3 heterocycles. The molecule has 4 N–H and O–H groups in total. The van der Waals surface area contributed by atoms with Gasteiger partial charge in [0.1, 0.15) is 24.1 Å². The van der Waals surface area contributed by atoms with Crippen LogP contribution in [0.4, 0.5) is 5.82 Å². The number of aliphatic hydroxyl groups is 2. The monoisotopic (exact) mass is 549 g/mol. The van der Waals surface area contributed by atoms with Gasteiger partial charge in [0, 0.05) is 6.08 Å². The Labute approximate surface area is 234 Å². The number of allylic oxidation sites excluding steroid dienone is 9. The standard InChI is InChI=1S/C30H39N5O5/c1-18(11-12-21-20(3)10-7-13-30(21,4)5)8-6-9-19(2)14-23(37)40-26-25(38)22(15-36)39-29(26)35-17-34-24-27(31)32-16-33-28(24)35/h6,8-9,11-12,14,16-17,22,25-26,29,36,38H,7,10,13,15H2,1-5H3,(H2,31,32,33)/b9-6+,12-11+,18-8+,19-14+/t22-,25?,26+,29-/m1/s1. The van der Waals surface area contributed by atoms with E-state index >= 15 is 0 Å². The summed E-state index contributed by atoms with van der Waals surface area (Å²) in [4.78, 5) is 25.1. The summed E-state index contributed by atoms with van der Waals surface area (Å²) in [6.07, 6.45) is 13.4. The number of fused-ring (bicyclic) bond motifs is 1. The van der Waals surface area contributed by atoms with Crippen LogP contribution in [0.2, 0.25) is 0 Å². The van der Waals surface area contributed by atoms with Crippen LogP contribution in [0.25, 0.3) is 11.2 Å². The number of nitrogens with zero attached hydrogens (tertiary/aromatic N) is 4. The number of ether oxygens (including phenoxy) is 2. The van der Waals surface area contributed by atoms with Crippen LogP contribution in [0.15, 0.2) is 71.4 Å². The first-order chi connectivity index (χ1) is 19.0. The van der Waals surface area contributed by atoms with Gasteiger partial charge >= 0.3 is 5.97 Å². The zero-order valence-electron chi connectivity index (χ0n) is 23.7. The van der Waals surface area contributed by atoms with Crippen LogP contribution in [0, 0.1) is 5.41 Å². The van der Waals surface area contributed by atoms with Gasteiger partial charge in [-0.15, -0.1) is 0 Å². The first kappa shape index (κ1) is 29.4. The maximum Gasteiger partial charge on any atom is 0.331 e. The number of anilines is 1. The van der Waals surface area contributed by atoms with E-state index in [1.54, 1.807) is 6.92 Å². The number of nitrogen functional groups attached to an aromatic ring is 1. The van der Waals surface area contributed by atoms with Crippen LogP contribution >= 0.6 is 0 Å². The van der Waals surface area contributed by atoms with Gasteiger partial charge < -0.3 is 25.4 Å². The largest absolute Gasteiger partial charge is 0.451 e. The quantitative estimate of drug-likeness (QED) is 0.252. The number of esters is 1. The Morgan fingerprint density at radius 3 is 2.75 bits per heavy atom. The molecule has 1 aliphatic heterocycles. The van der Waals surface area contributed by atoms with Gasteiger partial charge in [0.25, 0.3) is 0 Å². The van der Waals surface area contributed by atoms with E-state index in [1.807, 2.05) is 25.2 Å². The van der Waals surface area contributed by atoms with Crippen LogP contribution in [-0.2, 0) is 14.3 Å². The Morgan fingerprint density at radius 2 is 2.02 bits per heavy atom. The lowest BCUT2D eigenvalue weighted by Crippen LogP contribution is -2.36. The number of carbonyl (C=O) groups excluding carboxylic acids is 1. The number of hydrogen-bond donors (Lipinski definition) is 3. The Morgan fingerprint density at radius 1 is 1.25 bits per heavy atom. The number of nitrogens with two attached hydrogens (primary N) is 1. The van der Waals surface area contributed by atoms with Gasteiger partial charge in [-0.3, -0.25) is 4.57 Å². The van der Waals surface area contributed by atoms with E-state index < -0.39 is 37.1 Å². The number of imidazole rings is 1. The predicted molar refractivity (Wildman–Crippen MR) is 153 cm³/mol. The van der Waals surface area contributed by atoms with Gasteiger partial charge in [0.05, 0.1) is 12.9 Å². The summed E-state index contributed by atoms with van der Waals surface area (Å²) in [6, 6.07) is 0. The fourth-order valence-corrected chi connectivity index (χ4v) is 5.31. The molecule has 2 aromatic rings. The molecule has 1 aliphatic carbocycles. The second kappa shape index (κ2) is 12.3. The van der Waals surface area contributed by atoms with Crippen molar-refractivity contribution in [2.45, 2.75) is 78.4 Å². The number of aromatic nitrogens is 4. The molecule has 0 radical (unpaired) electrons. The SMILES string of the molecule is CC1=C(/C=C/C(C)=C/C=C/C(C)=C/C(=O)O[C@H]2C(O)[C@@H](CO)O[C@H]2n2cnc3c(N)ncnc32)C(C)(C)CCC1. The number of carbonyl (C=O) groups is 1. The molecule has 2 aromatic heterocycles. The van der Waals surface area contributed by atoms with E-state index in [2.05, 4.69) is 47.9 Å². The summed E-state index contributed by atoms with van der Waals surface area (Å²) in [6.45, 7) is 10.2. The van der Waals surface area contributed by atoms with Crippen LogP contribution in [0.1, 0.15) is 60.1 Å². The van der Waals surface area contributed by atoms with Crippen molar-refractivity contribution in [3.63, 3.8) is 0 Å². The topological polar surface area (TPSA) is 146 Å². The Kier molecular flexibility index (Phi) is 9.02. The summed E-state index contributed by atoms with van der Waals surface area (Å²) in [7, 11) is 0. The van der Waals surface area contributed by atoms with E-state index in [0.29, 0.717) is 16.7 Å².